The van der Waals surface area contributed by atoms with Gasteiger partial charge in [-0.05, 0) is 49.2 Å². The number of rotatable bonds is 5. The first-order chi connectivity index (χ1) is 11.2. The number of para-hydroxylation sites is 2. The first-order valence-electron chi connectivity index (χ1n) is 7.74. The summed E-state index contributed by atoms with van der Waals surface area (Å²) in [6, 6.07) is 15.6. The summed E-state index contributed by atoms with van der Waals surface area (Å²) < 4.78 is 0. The standard InChI is InChI=1S/C18H19ClN2OS/c19-14-7-9-15(10-8-14)23-13-18(22)20-16-5-1-2-6-17(16)21-11-3-4-12-21/h1-2,5-10H,3-4,11-13H2,(H,20,22). The van der Waals surface area contributed by atoms with E-state index in [1.807, 2.05) is 42.5 Å². The van der Waals surface area contributed by atoms with Gasteiger partial charge in [0.15, 0.2) is 0 Å². The molecule has 0 unspecified atom stereocenters. The van der Waals surface area contributed by atoms with E-state index >= 15 is 0 Å². The molecule has 5 heteroatoms. The van der Waals surface area contributed by atoms with Crippen molar-refractivity contribution in [1.29, 1.82) is 0 Å². The van der Waals surface area contributed by atoms with E-state index in [0.29, 0.717) is 10.8 Å². The van der Waals surface area contributed by atoms with Crippen LogP contribution in [-0.4, -0.2) is 24.7 Å². The Morgan fingerprint density at radius 2 is 1.78 bits per heavy atom. The van der Waals surface area contributed by atoms with Crippen molar-refractivity contribution >= 4 is 40.6 Å². The predicted molar refractivity (Wildman–Crippen MR) is 98.7 cm³/mol. The Morgan fingerprint density at radius 3 is 2.52 bits per heavy atom. The summed E-state index contributed by atoms with van der Waals surface area (Å²) in [4.78, 5) is 15.6. The van der Waals surface area contributed by atoms with E-state index in [0.717, 1.165) is 29.4 Å². The molecule has 0 spiro atoms. The molecule has 0 aromatic heterocycles. The fourth-order valence-electron chi connectivity index (χ4n) is 2.68. The average Bonchev–Trinajstić information content (AvgIpc) is 3.09. The van der Waals surface area contributed by atoms with E-state index in [4.69, 9.17) is 11.6 Å². The number of anilines is 2. The molecule has 2 aromatic carbocycles. The van der Waals surface area contributed by atoms with Crippen LogP contribution in [0.1, 0.15) is 12.8 Å². The van der Waals surface area contributed by atoms with Gasteiger partial charge < -0.3 is 10.2 Å². The molecular formula is C18H19ClN2OS. The molecule has 0 radical (unpaired) electrons. The Kier molecular flexibility index (Phi) is 5.47. The number of nitrogens with one attached hydrogen (secondary N) is 1. The lowest BCUT2D eigenvalue weighted by molar-refractivity contribution is -0.113. The number of thioether (sulfide) groups is 1. The lowest BCUT2D eigenvalue weighted by Gasteiger charge is -2.21. The highest BCUT2D eigenvalue weighted by atomic mass is 35.5. The fraction of sp³-hybridized carbons (Fsp3) is 0.278. The van der Waals surface area contributed by atoms with E-state index in [-0.39, 0.29) is 5.91 Å². The van der Waals surface area contributed by atoms with Crippen molar-refractivity contribution in [2.45, 2.75) is 17.7 Å². The van der Waals surface area contributed by atoms with Gasteiger partial charge in [-0.2, -0.15) is 0 Å². The molecule has 1 saturated heterocycles. The number of carbonyl (C=O) groups is 1. The molecule has 3 rings (SSSR count). The first-order valence-corrected chi connectivity index (χ1v) is 9.11. The third kappa shape index (κ3) is 4.43. The topological polar surface area (TPSA) is 32.3 Å². The van der Waals surface area contributed by atoms with Gasteiger partial charge in [-0.1, -0.05) is 23.7 Å². The Hall–Kier alpha value is -1.65. The quantitative estimate of drug-likeness (QED) is 0.798. The largest absolute Gasteiger partial charge is 0.370 e. The SMILES string of the molecule is O=C(CSc1ccc(Cl)cc1)Nc1ccccc1N1CCCC1. The van der Waals surface area contributed by atoms with E-state index in [2.05, 4.69) is 16.3 Å². The highest BCUT2D eigenvalue weighted by Gasteiger charge is 2.16. The molecule has 3 nitrogen and oxygen atoms in total. The molecule has 0 saturated carbocycles. The van der Waals surface area contributed by atoms with E-state index in [1.165, 1.54) is 24.6 Å². The summed E-state index contributed by atoms with van der Waals surface area (Å²) in [5.74, 6) is 0.396. The third-order valence-electron chi connectivity index (χ3n) is 3.81. The summed E-state index contributed by atoms with van der Waals surface area (Å²) >= 11 is 7.38. The number of hydrogen-bond acceptors (Lipinski definition) is 3. The summed E-state index contributed by atoms with van der Waals surface area (Å²) in [6.45, 7) is 2.12. The number of nitrogens with zero attached hydrogens (tertiary/aromatic N) is 1. The summed E-state index contributed by atoms with van der Waals surface area (Å²) in [5, 5.41) is 3.75. The predicted octanol–water partition coefficient (Wildman–Crippen LogP) is 4.67. The van der Waals surface area contributed by atoms with Gasteiger partial charge in [0.25, 0.3) is 0 Å². The second-order valence-electron chi connectivity index (χ2n) is 5.50. The minimum atomic E-state index is 0.0107. The van der Waals surface area contributed by atoms with Crippen molar-refractivity contribution in [2.24, 2.45) is 0 Å². The molecule has 1 amide bonds. The van der Waals surface area contributed by atoms with E-state index in [9.17, 15) is 4.79 Å². The van der Waals surface area contributed by atoms with Crippen LogP contribution < -0.4 is 10.2 Å². The van der Waals surface area contributed by atoms with Gasteiger partial charge in [-0.3, -0.25) is 4.79 Å². The van der Waals surface area contributed by atoms with Gasteiger partial charge in [0.1, 0.15) is 0 Å². The zero-order chi connectivity index (χ0) is 16.1. The monoisotopic (exact) mass is 346 g/mol. The molecule has 1 fully saturated rings. The van der Waals surface area contributed by atoms with Gasteiger partial charge in [0, 0.05) is 23.0 Å². The molecule has 1 heterocycles. The number of benzene rings is 2. The molecule has 1 aliphatic heterocycles. The van der Waals surface area contributed by atoms with Crippen molar-refractivity contribution in [3.63, 3.8) is 0 Å². The Morgan fingerprint density at radius 1 is 1.09 bits per heavy atom. The number of amides is 1. The minimum Gasteiger partial charge on any atom is -0.370 e. The van der Waals surface area contributed by atoms with Gasteiger partial charge in [0.05, 0.1) is 17.1 Å². The normalized spacial score (nSPS) is 14.0. The van der Waals surface area contributed by atoms with Crippen LogP contribution in [0.4, 0.5) is 11.4 Å². The smallest absolute Gasteiger partial charge is 0.234 e. The van der Waals surface area contributed by atoms with Crippen molar-refractivity contribution in [1.82, 2.24) is 0 Å². The highest BCUT2D eigenvalue weighted by Crippen LogP contribution is 2.29. The van der Waals surface area contributed by atoms with Crippen molar-refractivity contribution < 1.29 is 4.79 Å². The Labute approximate surface area is 146 Å². The Balaban J connectivity index is 1.60. The number of carbonyl (C=O) groups excluding carboxylic acids is 1. The highest BCUT2D eigenvalue weighted by molar-refractivity contribution is 8.00. The van der Waals surface area contributed by atoms with Crippen LogP contribution in [0.5, 0.6) is 0 Å². The average molecular weight is 347 g/mol. The minimum absolute atomic E-state index is 0.0107. The number of hydrogen-bond donors (Lipinski definition) is 1. The zero-order valence-corrected chi connectivity index (χ0v) is 14.4. The van der Waals surface area contributed by atoms with Gasteiger partial charge in [-0.25, -0.2) is 0 Å². The van der Waals surface area contributed by atoms with Crippen LogP contribution in [0.25, 0.3) is 0 Å². The van der Waals surface area contributed by atoms with Crippen LogP contribution in [0, 0.1) is 0 Å². The van der Waals surface area contributed by atoms with Gasteiger partial charge in [0.2, 0.25) is 5.91 Å². The van der Waals surface area contributed by atoms with Gasteiger partial charge >= 0.3 is 0 Å². The van der Waals surface area contributed by atoms with Crippen molar-refractivity contribution in [3.8, 4) is 0 Å². The molecule has 1 N–H and O–H groups in total. The third-order valence-corrected chi connectivity index (χ3v) is 5.07. The summed E-state index contributed by atoms with van der Waals surface area (Å²) in [7, 11) is 0. The lowest BCUT2D eigenvalue weighted by atomic mass is 10.2. The second kappa shape index (κ2) is 7.75. The van der Waals surface area contributed by atoms with Crippen molar-refractivity contribution in [2.75, 3.05) is 29.1 Å². The summed E-state index contributed by atoms with van der Waals surface area (Å²) in [5.41, 5.74) is 2.02. The second-order valence-corrected chi connectivity index (χ2v) is 6.99. The molecule has 23 heavy (non-hydrogen) atoms. The molecule has 0 atom stereocenters. The zero-order valence-electron chi connectivity index (χ0n) is 12.8. The van der Waals surface area contributed by atoms with Crippen LogP contribution >= 0.6 is 23.4 Å². The van der Waals surface area contributed by atoms with Crippen LogP contribution in [0.2, 0.25) is 5.02 Å². The lowest BCUT2D eigenvalue weighted by Crippen LogP contribution is -2.21. The maximum atomic E-state index is 12.2. The summed E-state index contributed by atoms with van der Waals surface area (Å²) in [6.07, 6.45) is 2.43. The molecule has 1 aliphatic rings. The molecule has 2 aromatic rings. The maximum absolute atomic E-state index is 12.2. The van der Waals surface area contributed by atoms with Crippen molar-refractivity contribution in [3.05, 3.63) is 53.6 Å². The molecule has 0 aliphatic carbocycles. The number of halogens is 1. The molecular weight excluding hydrogens is 328 g/mol. The van der Waals surface area contributed by atoms with Gasteiger partial charge in [-0.15, -0.1) is 11.8 Å². The maximum Gasteiger partial charge on any atom is 0.234 e. The molecule has 120 valence electrons. The fourth-order valence-corrected chi connectivity index (χ4v) is 3.50. The first kappa shape index (κ1) is 16.2. The molecule has 0 bridgehead atoms. The van der Waals surface area contributed by atoms with Crippen LogP contribution in [0.15, 0.2) is 53.4 Å². The van der Waals surface area contributed by atoms with E-state index in [1.54, 1.807) is 0 Å². The van der Waals surface area contributed by atoms with Crippen LogP contribution in [-0.2, 0) is 4.79 Å². The van der Waals surface area contributed by atoms with E-state index < -0.39 is 0 Å². The van der Waals surface area contributed by atoms with Crippen LogP contribution in [0.3, 0.4) is 0 Å². The Bertz CT molecular complexity index is 669.